The molecule has 2 heterocycles. The van der Waals surface area contributed by atoms with E-state index in [1.54, 1.807) is 11.8 Å². The van der Waals surface area contributed by atoms with Gasteiger partial charge < -0.3 is 0 Å². The number of hydrogen-bond acceptors (Lipinski definition) is 6. The Kier molecular flexibility index (Phi) is 2.34. The summed E-state index contributed by atoms with van der Waals surface area (Å²) in [6.07, 6.45) is 1.92. The van der Waals surface area contributed by atoms with E-state index in [9.17, 15) is 0 Å². The van der Waals surface area contributed by atoms with Gasteiger partial charge in [0.1, 0.15) is 5.03 Å². The fraction of sp³-hybridized carbons (Fsp3) is 0.100. The van der Waals surface area contributed by atoms with Crippen LogP contribution in [0.5, 0.6) is 0 Å². The predicted molar refractivity (Wildman–Crippen MR) is 63.2 cm³/mol. The van der Waals surface area contributed by atoms with E-state index in [1.165, 1.54) is 0 Å². The van der Waals surface area contributed by atoms with Crippen molar-refractivity contribution in [3.05, 3.63) is 34.7 Å². The molecule has 0 saturated heterocycles. The second kappa shape index (κ2) is 3.97. The number of rotatable bonds is 0. The standard InChI is InChI=1S/C10H7N5S/c1-3-8(10-11-5-6-16-10)4-2-7(1)9-12-14-15-13-9/h1-5H,6H2. The zero-order valence-corrected chi connectivity index (χ0v) is 9.05. The monoisotopic (exact) mass is 229 g/mol. The van der Waals surface area contributed by atoms with Crippen LogP contribution in [0.1, 0.15) is 0 Å². The largest absolute Gasteiger partial charge is 0.253 e. The molecule has 16 heavy (non-hydrogen) atoms. The molecule has 0 radical (unpaired) electrons. The molecular weight excluding hydrogens is 222 g/mol. The molecule has 5 nitrogen and oxygen atoms in total. The zero-order valence-electron chi connectivity index (χ0n) is 8.24. The van der Waals surface area contributed by atoms with Gasteiger partial charge in [0, 0.05) is 22.4 Å². The molecule has 0 amide bonds. The van der Waals surface area contributed by atoms with E-state index in [-0.39, 0.29) is 0 Å². The maximum atomic E-state index is 4.30. The Morgan fingerprint density at radius 1 is 0.938 bits per heavy atom. The van der Waals surface area contributed by atoms with Crippen molar-refractivity contribution in [3.8, 4) is 0 Å². The molecule has 3 rings (SSSR count). The van der Waals surface area contributed by atoms with Gasteiger partial charge in [-0.2, -0.15) is 0 Å². The summed E-state index contributed by atoms with van der Waals surface area (Å²) in [5.74, 6) is 1.51. The predicted octanol–water partition coefficient (Wildman–Crippen LogP) is 1.47. The van der Waals surface area contributed by atoms with Crippen molar-refractivity contribution >= 4 is 28.8 Å². The Balaban J connectivity index is 2.13. The van der Waals surface area contributed by atoms with Crippen LogP contribution in [0.25, 0.3) is 10.9 Å². The third-order valence-corrected chi connectivity index (χ3v) is 3.14. The Bertz CT molecular complexity index is 592. The molecule has 2 aliphatic heterocycles. The first-order chi connectivity index (χ1) is 7.93. The summed E-state index contributed by atoms with van der Waals surface area (Å²) in [5, 5.41) is 17.6. The second-order valence-corrected chi connectivity index (χ2v) is 4.22. The summed E-state index contributed by atoms with van der Waals surface area (Å²) in [6.45, 7) is 0. The highest BCUT2D eigenvalue weighted by Crippen LogP contribution is 2.20. The maximum Gasteiger partial charge on any atom is 0.207 e. The average molecular weight is 229 g/mol. The highest BCUT2D eigenvalue weighted by Gasteiger charge is 2.03. The molecule has 1 aromatic carbocycles. The third kappa shape index (κ3) is 1.67. The van der Waals surface area contributed by atoms with E-state index < -0.39 is 0 Å². The summed E-state index contributed by atoms with van der Waals surface area (Å²) in [4.78, 5) is 4.30. The van der Waals surface area contributed by atoms with Crippen LogP contribution in [-0.2, 0) is 0 Å². The topological polar surface area (TPSA) is 61.8 Å². The van der Waals surface area contributed by atoms with Gasteiger partial charge in [0.05, 0.1) is 0 Å². The molecule has 0 N–H and O–H groups in total. The summed E-state index contributed by atoms with van der Waals surface area (Å²) in [7, 11) is 0. The van der Waals surface area contributed by atoms with Crippen molar-refractivity contribution in [2.24, 2.45) is 25.7 Å². The van der Waals surface area contributed by atoms with Crippen LogP contribution in [-0.4, -0.2) is 12.0 Å². The van der Waals surface area contributed by atoms with E-state index in [1.807, 2.05) is 30.5 Å². The quantitative estimate of drug-likeness (QED) is 0.664. The lowest BCUT2D eigenvalue weighted by Gasteiger charge is -1.92. The van der Waals surface area contributed by atoms with Gasteiger partial charge in [0.15, 0.2) is 0 Å². The molecule has 0 atom stereocenters. The summed E-state index contributed by atoms with van der Waals surface area (Å²) >= 11 is 1.74. The number of thioether (sulfide) groups is 1. The van der Waals surface area contributed by atoms with Gasteiger partial charge in [0.2, 0.25) is 5.82 Å². The van der Waals surface area contributed by atoms with Crippen molar-refractivity contribution in [2.45, 2.75) is 0 Å². The highest BCUT2D eigenvalue weighted by atomic mass is 32.2. The SMILES string of the molecule is C1=NC(=c2ccc(=C3N=NN=N3)cc2)SC1. The van der Waals surface area contributed by atoms with Crippen molar-refractivity contribution < 1.29 is 0 Å². The van der Waals surface area contributed by atoms with E-state index >= 15 is 0 Å². The normalized spacial score (nSPS) is 17.8. The van der Waals surface area contributed by atoms with Gasteiger partial charge in [-0.05, 0) is 10.4 Å². The third-order valence-electron chi connectivity index (χ3n) is 2.21. The zero-order chi connectivity index (χ0) is 10.8. The van der Waals surface area contributed by atoms with E-state index in [4.69, 9.17) is 0 Å². The van der Waals surface area contributed by atoms with Gasteiger partial charge in [0.25, 0.3) is 0 Å². The molecular formula is C10H7N5S. The van der Waals surface area contributed by atoms with E-state index in [0.717, 1.165) is 21.2 Å². The first kappa shape index (κ1) is 9.41. The Morgan fingerprint density at radius 2 is 1.62 bits per heavy atom. The second-order valence-electron chi connectivity index (χ2n) is 3.21. The molecule has 0 aliphatic carbocycles. The molecule has 0 bridgehead atoms. The number of hydrogen-bond donors (Lipinski definition) is 0. The number of nitrogens with zero attached hydrogens (tertiary/aromatic N) is 5. The summed E-state index contributed by atoms with van der Waals surface area (Å²) in [6, 6.07) is 7.93. The minimum Gasteiger partial charge on any atom is -0.253 e. The van der Waals surface area contributed by atoms with Gasteiger partial charge in [-0.25, -0.2) is 0 Å². The Labute approximate surface area is 95.4 Å². The molecule has 0 spiro atoms. The van der Waals surface area contributed by atoms with Crippen molar-refractivity contribution in [3.63, 3.8) is 0 Å². The maximum absolute atomic E-state index is 4.30. The van der Waals surface area contributed by atoms with Gasteiger partial charge in [-0.3, -0.25) is 4.99 Å². The summed E-state index contributed by atoms with van der Waals surface area (Å²) in [5.41, 5.74) is 0. The summed E-state index contributed by atoms with van der Waals surface area (Å²) < 4.78 is 0. The molecule has 1 aromatic rings. The van der Waals surface area contributed by atoms with E-state index in [0.29, 0.717) is 5.82 Å². The van der Waals surface area contributed by atoms with Gasteiger partial charge in [-0.15, -0.1) is 22.0 Å². The fourth-order valence-electron chi connectivity index (χ4n) is 1.45. The Morgan fingerprint density at radius 3 is 2.25 bits per heavy atom. The molecule has 6 heteroatoms. The molecule has 2 aliphatic rings. The van der Waals surface area contributed by atoms with Crippen LogP contribution < -0.4 is 10.4 Å². The lowest BCUT2D eigenvalue weighted by molar-refractivity contribution is 1.06. The van der Waals surface area contributed by atoms with Crippen molar-refractivity contribution in [1.82, 2.24) is 0 Å². The fourth-order valence-corrected chi connectivity index (χ4v) is 2.21. The molecule has 0 fully saturated rings. The minimum absolute atomic E-state index is 0.555. The number of benzene rings is 1. The number of aliphatic imine (C=N–C) groups is 1. The first-order valence-electron chi connectivity index (χ1n) is 4.75. The lowest BCUT2D eigenvalue weighted by atomic mass is 10.2. The Hall–Kier alpha value is -1.82. The van der Waals surface area contributed by atoms with Crippen molar-refractivity contribution in [1.29, 1.82) is 0 Å². The smallest absolute Gasteiger partial charge is 0.207 e. The van der Waals surface area contributed by atoms with Crippen LogP contribution in [0.2, 0.25) is 0 Å². The average Bonchev–Trinajstić information content (AvgIpc) is 3.03. The van der Waals surface area contributed by atoms with E-state index in [2.05, 4.69) is 25.7 Å². The van der Waals surface area contributed by atoms with Crippen LogP contribution in [0.15, 0.2) is 49.9 Å². The van der Waals surface area contributed by atoms with Crippen LogP contribution >= 0.6 is 11.8 Å². The molecule has 78 valence electrons. The van der Waals surface area contributed by atoms with Crippen molar-refractivity contribution in [2.75, 3.05) is 5.75 Å². The van der Waals surface area contributed by atoms with Crippen LogP contribution in [0.4, 0.5) is 0 Å². The minimum atomic E-state index is 0.555. The first-order valence-corrected chi connectivity index (χ1v) is 5.74. The molecule has 0 aromatic heterocycles. The van der Waals surface area contributed by atoms with Gasteiger partial charge in [-0.1, -0.05) is 24.3 Å². The highest BCUT2D eigenvalue weighted by molar-refractivity contribution is 8.08. The van der Waals surface area contributed by atoms with Gasteiger partial charge >= 0.3 is 0 Å². The van der Waals surface area contributed by atoms with Crippen LogP contribution in [0.3, 0.4) is 0 Å². The van der Waals surface area contributed by atoms with Crippen LogP contribution in [0, 0.1) is 0 Å². The molecule has 0 saturated carbocycles. The molecule has 0 unspecified atom stereocenters. The lowest BCUT2D eigenvalue weighted by Crippen LogP contribution is -2.09.